The Balaban J connectivity index is 4.74. The van der Waals surface area contributed by atoms with E-state index in [9.17, 15) is 28.8 Å². The minimum Gasteiger partial charge on any atom is -0.425 e. The molecule has 0 amide bonds. The van der Waals surface area contributed by atoms with Gasteiger partial charge in [0.2, 0.25) is 0 Å². The van der Waals surface area contributed by atoms with Crippen LogP contribution in [0.4, 0.5) is 0 Å². The van der Waals surface area contributed by atoms with Crippen molar-refractivity contribution in [1.82, 2.24) is 0 Å². The van der Waals surface area contributed by atoms with E-state index >= 15 is 0 Å². The van der Waals surface area contributed by atoms with Gasteiger partial charge >= 0.3 is 58.8 Å². The van der Waals surface area contributed by atoms with Crippen molar-refractivity contribution in [3.05, 3.63) is 148 Å². The number of carbonyl (C=O) groups excluding carboxylic acids is 6. The third-order valence-corrected chi connectivity index (χ3v) is 13.1. The van der Waals surface area contributed by atoms with Crippen LogP contribution in [0.3, 0.4) is 0 Å². The summed E-state index contributed by atoms with van der Waals surface area (Å²) in [5, 5.41) is 0. The van der Waals surface area contributed by atoms with Gasteiger partial charge in [0.25, 0.3) is 0 Å². The van der Waals surface area contributed by atoms with Crippen LogP contribution in [0.25, 0.3) is 0 Å². The molecular formula is C36H42N3O18P3. The quantitative estimate of drug-likeness (QED) is 0.0287. The number of hydrogen-bond donors (Lipinski definition) is 0. The molecule has 0 atom stereocenters. The molecule has 21 nitrogen and oxygen atoms in total. The van der Waals surface area contributed by atoms with E-state index in [1.807, 2.05) is 0 Å². The van der Waals surface area contributed by atoms with Gasteiger partial charge in [-0.15, -0.1) is 0 Å². The zero-order valence-electron chi connectivity index (χ0n) is 33.2. The summed E-state index contributed by atoms with van der Waals surface area (Å²) in [5.41, 5.74) is 0. The summed E-state index contributed by atoms with van der Waals surface area (Å²) >= 11 is 0. The zero-order chi connectivity index (χ0) is 45.5. The van der Waals surface area contributed by atoms with E-state index in [0.29, 0.717) is 0 Å². The Morgan fingerprint density at radius 1 is 0.317 bits per heavy atom. The van der Waals surface area contributed by atoms with Gasteiger partial charge < -0.3 is 55.6 Å². The Bertz CT molecular complexity index is 1770. The molecular weight excluding hydrogens is 855 g/mol. The van der Waals surface area contributed by atoms with Crippen molar-refractivity contribution in [1.29, 1.82) is 0 Å². The molecule has 0 radical (unpaired) electrons. The number of ether oxygens (including phenoxy) is 6. The van der Waals surface area contributed by atoms with Crippen molar-refractivity contribution >= 4 is 58.8 Å². The molecule has 0 bridgehead atoms. The van der Waals surface area contributed by atoms with E-state index in [1.165, 1.54) is 41.5 Å². The molecule has 0 aliphatic carbocycles. The molecule has 60 heavy (non-hydrogen) atoms. The average Bonchev–Trinajstić information content (AvgIpc) is 3.21. The largest absolute Gasteiger partial charge is 0.459 e. The Hall–Kier alpha value is -6.81. The lowest BCUT2D eigenvalue weighted by atomic mass is 10.6. The molecule has 0 N–H and O–H groups in total. The first-order chi connectivity index (χ1) is 28.2. The SMILES string of the molecule is C=CC(=O)OC(C)=COP1(OC=C(C)OC(=O)C=C)=NP(OC=C(C)OC(=O)C=C)(OC=C(C)OC(=O)C=C)=NP(OC=C(C)OC(=O)C=C)(OC=C(C)OC(=O)C=C)=N1. The van der Waals surface area contributed by atoms with Gasteiger partial charge in [0.15, 0.2) is 0 Å². The summed E-state index contributed by atoms with van der Waals surface area (Å²) in [6, 6.07) is 0. The van der Waals surface area contributed by atoms with Gasteiger partial charge in [-0.1, -0.05) is 53.0 Å². The van der Waals surface area contributed by atoms with E-state index in [4.69, 9.17) is 55.6 Å². The van der Waals surface area contributed by atoms with Crippen LogP contribution in [0, 0.1) is 0 Å². The molecule has 0 aromatic carbocycles. The lowest BCUT2D eigenvalue weighted by Gasteiger charge is -2.30. The second kappa shape index (κ2) is 24.8. The first-order valence-corrected chi connectivity index (χ1v) is 20.9. The smallest absolute Gasteiger partial charge is 0.425 e. The summed E-state index contributed by atoms with van der Waals surface area (Å²) in [7, 11) is -14.0. The van der Waals surface area contributed by atoms with Crippen LogP contribution >= 0.6 is 23.0 Å². The van der Waals surface area contributed by atoms with E-state index in [2.05, 4.69) is 53.0 Å². The summed E-state index contributed by atoms with van der Waals surface area (Å²) in [6.45, 7) is 27.7. The Labute approximate surface area is 345 Å². The van der Waals surface area contributed by atoms with Gasteiger partial charge in [0.1, 0.15) is 72.1 Å². The molecule has 0 fully saturated rings. The number of esters is 6. The van der Waals surface area contributed by atoms with Crippen molar-refractivity contribution in [2.75, 3.05) is 0 Å². The van der Waals surface area contributed by atoms with E-state index in [0.717, 1.165) is 74.0 Å². The van der Waals surface area contributed by atoms with Crippen LogP contribution in [0.2, 0.25) is 0 Å². The predicted octanol–water partition coefficient (Wildman–Crippen LogP) is 9.48. The van der Waals surface area contributed by atoms with Gasteiger partial charge in [-0.25, -0.2) is 28.8 Å². The van der Waals surface area contributed by atoms with Gasteiger partial charge in [-0.2, -0.15) is 0 Å². The fourth-order valence-corrected chi connectivity index (χ4v) is 11.7. The normalized spacial score (nSPS) is 20.5. The number of carbonyl (C=O) groups is 6. The second-order valence-electron chi connectivity index (χ2n) is 10.5. The van der Waals surface area contributed by atoms with Gasteiger partial charge in [-0.05, 0) is 41.5 Å². The second-order valence-corrected chi connectivity index (χ2v) is 16.8. The Morgan fingerprint density at radius 3 is 0.567 bits per heavy atom. The maximum atomic E-state index is 12.0. The Morgan fingerprint density at radius 2 is 0.450 bits per heavy atom. The molecule has 1 heterocycles. The lowest BCUT2D eigenvalue weighted by Crippen LogP contribution is -2.03. The molecule has 0 spiro atoms. The highest BCUT2D eigenvalue weighted by Crippen LogP contribution is 2.81. The first kappa shape index (κ1) is 51.2. The maximum absolute atomic E-state index is 12.0. The number of allylic oxidation sites excluding steroid dienone is 6. The highest BCUT2D eigenvalue weighted by atomic mass is 31.3. The highest BCUT2D eigenvalue weighted by molar-refractivity contribution is 7.78. The summed E-state index contributed by atoms with van der Waals surface area (Å²) in [5.74, 6) is -6.83. The number of nitrogens with zero attached hydrogens (tertiary/aromatic N) is 3. The highest BCUT2D eigenvalue weighted by Gasteiger charge is 2.47. The summed E-state index contributed by atoms with van der Waals surface area (Å²) in [6.07, 6.45) is 10.1. The van der Waals surface area contributed by atoms with E-state index in [-0.39, 0.29) is 34.6 Å². The molecule has 1 aliphatic heterocycles. The first-order valence-electron chi connectivity index (χ1n) is 16.3. The van der Waals surface area contributed by atoms with Crippen molar-refractivity contribution in [2.24, 2.45) is 13.5 Å². The van der Waals surface area contributed by atoms with Crippen molar-refractivity contribution in [3.8, 4) is 0 Å². The molecule has 1 rings (SSSR count). The molecule has 324 valence electrons. The fraction of sp³-hybridized carbons (Fsp3) is 0.167. The third-order valence-electron chi connectivity index (χ3n) is 5.38. The van der Waals surface area contributed by atoms with Crippen molar-refractivity contribution < 1.29 is 84.3 Å². The molecule has 0 aromatic rings. The fourth-order valence-electron chi connectivity index (χ4n) is 3.01. The summed E-state index contributed by atoms with van der Waals surface area (Å²) in [4.78, 5) is 72.3. The molecule has 24 heteroatoms. The maximum Gasteiger partial charge on any atom is 0.459 e. The zero-order valence-corrected chi connectivity index (χ0v) is 35.9. The van der Waals surface area contributed by atoms with Crippen molar-refractivity contribution in [3.63, 3.8) is 0 Å². The number of rotatable bonds is 24. The Kier molecular flexibility index (Phi) is 21.2. The average molecular weight is 898 g/mol. The monoisotopic (exact) mass is 897 g/mol. The molecule has 0 saturated heterocycles. The van der Waals surface area contributed by atoms with Gasteiger partial charge in [0, 0.05) is 36.5 Å². The van der Waals surface area contributed by atoms with Crippen LogP contribution in [-0.4, -0.2) is 35.8 Å². The van der Waals surface area contributed by atoms with Crippen LogP contribution in [0.5, 0.6) is 0 Å². The van der Waals surface area contributed by atoms with E-state index in [1.54, 1.807) is 0 Å². The van der Waals surface area contributed by atoms with Crippen LogP contribution < -0.4 is 0 Å². The third kappa shape index (κ3) is 18.6. The topological polar surface area (TPSA) is 250 Å². The van der Waals surface area contributed by atoms with Crippen LogP contribution in [0.15, 0.2) is 162 Å². The standard InChI is InChI=1S/C36H42N3O18P3/c1-13-31(40)52-25(7)19-46-58(47-20-26(8)53-32(41)14-2)37-59(48-21-27(9)54-33(42)15-3,49-22-28(10)55-34(43)16-4)39-60(38-58,50-23-29(11)56-35(44)17-5)51-24-30(12)57-36(45)18-6/h13-24H,1-6H2,7-12H3. The van der Waals surface area contributed by atoms with Gasteiger partial charge in [-0.3, -0.25) is 0 Å². The van der Waals surface area contributed by atoms with Crippen LogP contribution in [0.1, 0.15) is 41.5 Å². The minimum atomic E-state index is -4.66. The predicted molar refractivity (Wildman–Crippen MR) is 215 cm³/mol. The van der Waals surface area contributed by atoms with Crippen LogP contribution in [-0.2, 0) is 84.3 Å². The number of hydrogen-bond acceptors (Lipinski definition) is 21. The summed E-state index contributed by atoms with van der Waals surface area (Å²) < 4.78 is 80.2. The minimum absolute atomic E-state index is 0.232. The van der Waals surface area contributed by atoms with E-state index < -0.39 is 58.8 Å². The molecule has 1 aliphatic rings. The van der Waals surface area contributed by atoms with Crippen molar-refractivity contribution in [2.45, 2.75) is 41.5 Å². The lowest BCUT2D eigenvalue weighted by molar-refractivity contribution is -0.134. The van der Waals surface area contributed by atoms with Gasteiger partial charge in [0.05, 0.1) is 0 Å². The molecule has 0 saturated carbocycles. The molecule has 0 unspecified atom stereocenters. The molecule has 0 aromatic heterocycles.